The Morgan fingerprint density at radius 2 is 2.05 bits per heavy atom. The number of amides is 2. The Hall–Kier alpha value is -2.83. The van der Waals surface area contributed by atoms with Crippen molar-refractivity contribution in [3.05, 3.63) is 54.1 Å². The van der Waals surface area contributed by atoms with Crippen molar-refractivity contribution in [3.63, 3.8) is 0 Å². The molecule has 21 heavy (non-hydrogen) atoms. The average Bonchev–Trinajstić information content (AvgIpc) is 2.98. The Labute approximate surface area is 121 Å². The van der Waals surface area contributed by atoms with Crippen LogP contribution in [0.25, 0.3) is 0 Å². The molecule has 4 N–H and O–H groups in total. The number of rotatable bonds is 6. The van der Waals surface area contributed by atoms with Gasteiger partial charge in [0.2, 0.25) is 0 Å². The molecule has 1 atom stereocenters. The van der Waals surface area contributed by atoms with Gasteiger partial charge >= 0.3 is 12.0 Å². The number of hydrogen-bond donors (Lipinski definition) is 4. The number of aliphatic carboxylic acids is 1. The van der Waals surface area contributed by atoms with Crippen molar-refractivity contribution >= 4 is 12.0 Å². The minimum absolute atomic E-state index is 0.147. The Kier molecular flexibility index (Phi) is 4.92. The molecule has 2 aromatic rings. The van der Waals surface area contributed by atoms with Crippen molar-refractivity contribution < 1.29 is 14.7 Å². The summed E-state index contributed by atoms with van der Waals surface area (Å²) in [5.74, 6) is -1.10. The molecule has 0 saturated heterocycles. The van der Waals surface area contributed by atoms with Gasteiger partial charge < -0.3 is 20.7 Å². The van der Waals surface area contributed by atoms with E-state index in [0.29, 0.717) is 12.2 Å². The van der Waals surface area contributed by atoms with Gasteiger partial charge in [0.1, 0.15) is 6.04 Å². The standard InChI is InChI=1S/C14H16N4O3/c19-13(20)12(6-11-8-15-9-17-11)18-14(21)16-7-10-4-2-1-3-5-10/h1-5,8-9,12H,6-7H2,(H,15,17)(H,19,20)(H2,16,18,21)/t12-/m1/s1. The molecule has 2 amide bonds. The van der Waals surface area contributed by atoms with Gasteiger partial charge in [-0.25, -0.2) is 14.6 Å². The fourth-order valence-electron chi connectivity index (χ4n) is 1.80. The zero-order valence-electron chi connectivity index (χ0n) is 11.2. The third kappa shape index (κ3) is 4.64. The first-order chi connectivity index (χ1) is 10.1. The minimum atomic E-state index is -1.10. The van der Waals surface area contributed by atoms with E-state index in [-0.39, 0.29) is 6.42 Å². The third-order valence-corrected chi connectivity index (χ3v) is 2.88. The Bertz CT molecular complexity index is 584. The lowest BCUT2D eigenvalue weighted by Gasteiger charge is -2.14. The Morgan fingerprint density at radius 3 is 2.67 bits per heavy atom. The summed E-state index contributed by atoms with van der Waals surface area (Å²) in [5.41, 5.74) is 1.58. The molecule has 0 saturated carbocycles. The number of nitrogens with one attached hydrogen (secondary N) is 3. The lowest BCUT2D eigenvalue weighted by atomic mass is 10.1. The Morgan fingerprint density at radius 1 is 1.29 bits per heavy atom. The van der Waals surface area contributed by atoms with E-state index in [2.05, 4.69) is 20.6 Å². The second kappa shape index (κ2) is 7.09. The van der Waals surface area contributed by atoms with Gasteiger partial charge in [0.05, 0.1) is 6.33 Å². The highest BCUT2D eigenvalue weighted by Crippen LogP contribution is 2.00. The molecule has 1 aromatic heterocycles. The van der Waals surface area contributed by atoms with Gasteiger partial charge in [-0.3, -0.25) is 0 Å². The molecule has 0 aliphatic rings. The van der Waals surface area contributed by atoms with Crippen LogP contribution in [0.5, 0.6) is 0 Å². The highest BCUT2D eigenvalue weighted by atomic mass is 16.4. The number of aromatic amines is 1. The first kappa shape index (κ1) is 14.6. The highest BCUT2D eigenvalue weighted by Gasteiger charge is 2.20. The minimum Gasteiger partial charge on any atom is -0.480 e. The van der Waals surface area contributed by atoms with Crippen molar-refractivity contribution in [2.75, 3.05) is 0 Å². The molecule has 0 unspecified atom stereocenters. The number of nitrogens with zero attached hydrogens (tertiary/aromatic N) is 1. The smallest absolute Gasteiger partial charge is 0.326 e. The van der Waals surface area contributed by atoms with E-state index in [9.17, 15) is 9.59 Å². The number of carboxylic acids is 1. The van der Waals surface area contributed by atoms with E-state index in [1.54, 1.807) is 0 Å². The molecule has 0 bridgehead atoms. The number of urea groups is 1. The van der Waals surface area contributed by atoms with E-state index >= 15 is 0 Å². The first-order valence-electron chi connectivity index (χ1n) is 6.43. The molecule has 1 aromatic carbocycles. The second-order valence-corrected chi connectivity index (χ2v) is 4.48. The number of hydrogen-bond acceptors (Lipinski definition) is 3. The molecule has 7 heteroatoms. The predicted molar refractivity (Wildman–Crippen MR) is 75.5 cm³/mol. The van der Waals surface area contributed by atoms with Crippen LogP contribution in [-0.4, -0.2) is 33.1 Å². The second-order valence-electron chi connectivity index (χ2n) is 4.48. The van der Waals surface area contributed by atoms with E-state index in [0.717, 1.165) is 5.56 Å². The van der Waals surface area contributed by atoms with Crippen molar-refractivity contribution in [1.29, 1.82) is 0 Å². The van der Waals surface area contributed by atoms with Crippen LogP contribution in [-0.2, 0) is 17.8 Å². The van der Waals surface area contributed by atoms with E-state index < -0.39 is 18.0 Å². The molecule has 1 heterocycles. The zero-order chi connectivity index (χ0) is 15.1. The molecule has 0 aliphatic carbocycles. The third-order valence-electron chi connectivity index (χ3n) is 2.88. The van der Waals surface area contributed by atoms with Gasteiger partial charge in [-0.15, -0.1) is 0 Å². The van der Waals surface area contributed by atoms with Gasteiger partial charge in [0, 0.05) is 24.9 Å². The molecule has 0 radical (unpaired) electrons. The number of carbonyl (C=O) groups excluding carboxylic acids is 1. The van der Waals surface area contributed by atoms with Crippen LogP contribution in [0.2, 0.25) is 0 Å². The maximum Gasteiger partial charge on any atom is 0.326 e. The maximum atomic E-state index is 11.7. The average molecular weight is 288 g/mol. The summed E-state index contributed by atoms with van der Waals surface area (Å²) >= 11 is 0. The molecule has 110 valence electrons. The maximum absolute atomic E-state index is 11.7. The van der Waals surface area contributed by atoms with Crippen LogP contribution in [0.3, 0.4) is 0 Å². The van der Waals surface area contributed by atoms with Gasteiger partial charge in [-0.2, -0.15) is 0 Å². The van der Waals surface area contributed by atoms with Crippen LogP contribution < -0.4 is 10.6 Å². The van der Waals surface area contributed by atoms with Crippen molar-refractivity contribution in [2.24, 2.45) is 0 Å². The van der Waals surface area contributed by atoms with Crippen LogP contribution in [0, 0.1) is 0 Å². The molecule has 0 aliphatic heterocycles. The van der Waals surface area contributed by atoms with Crippen molar-refractivity contribution in [3.8, 4) is 0 Å². The summed E-state index contributed by atoms with van der Waals surface area (Å²) in [5, 5.41) is 14.2. The summed E-state index contributed by atoms with van der Waals surface area (Å²) in [4.78, 5) is 29.5. The molecular formula is C14H16N4O3. The SMILES string of the molecule is O=C(NCc1ccccc1)N[C@H](Cc1cnc[nH]1)C(=O)O. The first-order valence-corrected chi connectivity index (χ1v) is 6.43. The molecule has 0 fully saturated rings. The van der Waals surface area contributed by atoms with Crippen molar-refractivity contribution in [2.45, 2.75) is 19.0 Å². The number of imidazole rings is 1. The van der Waals surface area contributed by atoms with Crippen LogP contribution >= 0.6 is 0 Å². The van der Waals surface area contributed by atoms with Crippen molar-refractivity contribution in [1.82, 2.24) is 20.6 Å². The van der Waals surface area contributed by atoms with Gasteiger partial charge in [0.25, 0.3) is 0 Å². The monoisotopic (exact) mass is 288 g/mol. The summed E-state index contributed by atoms with van der Waals surface area (Å²) < 4.78 is 0. The predicted octanol–water partition coefficient (Wildman–Crippen LogP) is 0.905. The quantitative estimate of drug-likeness (QED) is 0.633. The fourth-order valence-corrected chi connectivity index (χ4v) is 1.80. The number of carbonyl (C=O) groups is 2. The fraction of sp³-hybridized carbons (Fsp3) is 0.214. The Balaban J connectivity index is 1.85. The van der Waals surface area contributed by atoms with Gasteiger partial charge in [0.15, 0.2) is 0 Å². The van der Waals surface area contributed by atoms with E-state index in [1.807, 2.05) is 30.3 Å². The normalized spacial score (nSPS) is 11.6. The summed E-state index contributed by atoms with van der Waals surface area (Å²) in [6.45, 7) is 0.336. The lowest BCUT2D eigenvalue weighted by Crippen LogP contribution is -2.46. The van der Waals surface area contributed by atoms with Crippen LogP contribution in [0.4, 0.5) is 4.79 Å². The van der Waals surface area contributed by atoms with E-state index in [4.69, 9.17) is 5.11 Å². The lowest BCUT2D eigenvalue weighted by molar-refractivity contribution is -0.139. The highest BCUT2D eigenvalue weighted by molar-refractivity contribution is 5.82. The number of aromatic nitrogens is 2. The topological polar surface area (TPSA) is 107 Å². The summed E-state index contributed by atoms with van der Waals surface area (Å²) in [7, 11) is 0. The zero-order valence-corrected chi connectivity index (χ0v) is 11.2. The summed E-state index contributed by atoms with van der Waals surface area (Å²) in [6, 6.07) is 7.83. The molecular weight excluding hydrogens is 272 g/mol. The number of H-pyrrole nitrogens is 1. The number of carboxylic acid groups (broad SMARTS) is 1. The van der Waals surface area contributed by atoms with Gasteiger partial charge in [-0.1, -0.05) is 30.3 Å². The largest absolute Gasteiger partial charge is 0.480 e. The van der Waals surface area contributed by atoms with Crippen LogP contribution in [0.15, 0.2) is 42.9 Å². The van der Waals surface area contributed by atoms with E-state index in [1.165, 1.54) is 12.5 Å². The molecule has 0 spiro atoms. The van der Waals surface area contributed by atoms with Crippen LogP contribution in [0.1, 0.15) is 11.3 Å². The number of benzene rings is 1. The molecule has 2 rings (SSSR count). The summed E-state index contributed by atoms with van der Waals surface area (Å²) in [6.07, 6.45) is 3.14. The molecule has 7 nitrogen and oxygen atoms in total. The van der Waals surface area contributed by atoms with Gasteiger partial charge in [-0.05, 0) is 5.56 Å².